The summed E-state index contributed by atoms with van der Waals surface area (Å²) in [5, 5.41) is 33.9. The molecule has 15 atom stereocenters. The molecule has 4 aliphatic rings. The summed E-state index contributed by atoms with van der Waals surface area (Å²) in [4.78, 5) is 72.0. The first kappa shape index (κ1) is 56.0. The Labute approximate surface area is 400 Å². The van der Waals surface area contributed by atoms with Gasteiger partial charge in [0.25, 0.3) is 11.7 Å². The summed E-state index contributed by atoms with van der Waals surface area (Å²) in [7, 11) is 2.96. The van der Waals surface area contributed by atoms with E-state index in [0.717, 1.165) is 24.0 Å². The molecule has 1 amide bonds. The van der Waals surface area contributed by atoms with E-state index < -0.39 is 77.8 Å². The van der Waals surface area contributed by atoms with Crippen molar-refractivity contribution < 1.29 is 58.2 Å². The minimum absolute atomic E-state index is 0.0204. The second-order valence-corrected chi connectivity index (χ2v) is 20.7. The first-order valence-electron chi connectivity index (χ1n) is 24.9. The lowest BCUT2D eigenvalue weighted by Crippen LogP contribution is -2.60. The molecule has 0 aromatic carbocycles. The summed E-state index contributed by atoms with van der Waals surface area (Å²) in [6.07, 6.45) is 13.4. The summed E-state index contributed by atoms with van der Waals surface area (Å²) >= 11 is 0. The van der Waals surface area contributed by atoms with E-state index in [1.54, 1.807) is 34.0 Å². The highest BCUT2D eigenvalue weighted by molar-refractivity contribution is 6.39. The number of cyclic esters (lactones) is 1. The summed E-state index contributed by atoms with van der Waals surface area (Å²) in [6.45, 7) is 19.0. The highest BCUT2D eigenvalue weighted by Crippen LogP contribution is 2.37. The summed E-state index contributed by atoms with van der Waals surface area (Å²) < 4.78 is 23.6. The van der Waals surface area contributed by atoms with E-state index >= 15 is 0 Å². The lowest BCUT2D eigenvalue weighted by Gasteiger charge is -2.42. The molecule has 2 bridgehead atoms. The van der Waals surface area contributed by atoms with Crippen LogP contribution < -0.4 is 0 Å². The molecule has 13 heteroatoms. The zero-order valence-electron chi connectivity index (χ0n) is 42.1. The molecule has 13 nitrogen and oxygen atoms in total. The van der Waals surface area contributed by atoms with Crippen molar-refractivity contribution >= 4 is 29.2 Å². The Kier molecular flexibility index (Phi) is 21.6. The van der Waals surface area contributed by atoms with Crippen LogP contribution in [0.25, 0.3) is 0 Å². The van der Waals surface area contributed by atoms with Gasteiger partial charge < -0.3 is 39.2 Å². The van der Waals surface area contributed by atoms with Gasteiger partial charge in [-0.3, -0.25) is 19.2 Å². The zero-order chi connectivity index (χ0) is 49.7. The van der Waals surface area contributed by atoms with Crippen LogP contribution in [-0.4, -0.2) is 119 Å². The minimum atomic E-state index is -2.39. The predicted octanol–water partition coefficient (Wildman–Crippen LogP) is 7.75. The maximum atomic E-state index is 14.4. The molecule has 3 heterocycles. The topological polar surface area (TPSA) is 186 Å². The Hall–Kier alpha value is -3.59. The van der Waals surface area contributed by atoms with Gasteiger partial charge >= 0.3 is 5.97 Å². The Balaban J connectivity index is 1.71. The highest BCUT2D eigenvalue weighted by atomic mass is 16.6. The van der Waals surface area contributed by atoms with Crippen LogP contribution in [0.3, 0.4) is 0 Å². The number of allylic oxidation sites excluding steroid dienone is 7. The molecule has 2 saturated heterocycles. The number of amides is 1. The van der Waals surface area contributed by atoms with Crippen molar-refractivity contribution in [1.82, 2.24) is 4.90 Å². The molecule has 1 unspecified atom stereocenters. The zero-order valence-corrected chi connectivity index (χ0v) is 42.1. The quantitative estimate of drug-likeness (QED) is 0.128. The maximum absolute atomic E-state index is 14.4. The summed E-state index contributed by atoms with van der Waals surface area (Å²) in [5.41, 5.74) is 2.36. The predicted molar refractivity (Wildman–Crippen MR) is 257 cm³/mol. The number of carbonyl (C=O) groups is 5. The van der Waals surface area contributed by atoms with Crippen molar-refractivity contribution in [3.05, 3.63) is 59.8 Å². The second-order valence-electron chi connectivity index (χ2n) is 20.7. The van der Waals surface area contributed by atoms with Crippen LogP contribution >= 0.6 is 0 Å². The smallest absolute Gasteiger partial charge is 0.329 e. The van der Waals surface area contributed by atoms with Crippen LogP contribution in [0, 0.1) is 41.4 Å². The van der Waals surface area contributed by atoms with Crippen molar-refractivity contribution in [2.75, 3.05) is 20.8 Å². The van der Waals surface area contributed by atoms with Crippen molar-refractivity contribution in [3.63, 3.8) is 0 Å². The number of rotatable bonds is 7. The van der Waals surface area contributed by atoms with Crippen LogP contribution in [0.2, 0.25) is 0 Å². The fourth-order valence-electron chi connectivity index (χ4n) is 10.4. The van der Waals surface area contributed by atoms with Gasteiger partial charge in [0.05, 0.1) is 18.3 Å². The number of hydrogen-bond acceptors (Lipinski definition) is 12. The van der Waals surface area contributed by atoms with Crippen LogP contribution in [0.15, 0.2) is 59.8 Å². The van der Waals surface area contributed by atoms with Gasteiger partial charge in [0.15, 0.2) is 5.78 Å². The Morgan fingerprint density at radius 1 is 0.940 bits per heavy atom. The highest BCUT2D eigenvalue weighted by Gasteiger charge is 2.52. The second kappa shape index (κ2) is 25.9. The van der Waals surface area contributed by atoms with E-state index in [4.69, 9.17) is 18.9 Å². The molecular formula is C54H83NO12. The van der Waals surface area contributed by atoms with E-state index in [9.17, 15) is 39.3 Å². The molecule has 67 heavy (non-hydrogen) atoms. The molecule has 1 aliphatic carbocycles. The van der Waals surface area contributed by atoms with E-state index in [1.807, 2.05) is 46.8 Å². The number of carbonyl (C=O) groups excluding carboxylic acids is 5. The van der Waals surface area contributed by atoms with Gasteiger partial charge in [-0.15, -0.1) is 6.58 Å². The average molecular weight is 938 g/mol. The van der Waals surface area contributed by atoms with Crippen molar-refractivity contribution in [2.45, 2.75) is 187 Å². The number of piperidine rings is 1. The molecule has 1 saturated carbocycles. The van der Waals surface area contributed by atoms with E-state index in [-0.39, 0.29) is 60.7 Å². The maximum Gasteiger partial charge on any atom is 0.329 e. The molecule has 0 aromatic heterocycles. The number of fused-ring (bicyclic) bond motifs is 3. The Morgan fingerprint density at radius 2 is 1.66 bits per heavy atom. The molecule has 4 rings (SSSR count). The Morgan fingerprint density at radius 3 is 2.33 bits per heavy atom. The summed E-state index contributed by atoms with van der Waals surface area (Å²) in [6, 6.07) is -1.13. The standard InChI is InChI=1S/C54H83NO12/c1-32(2)26-40-19-15-33(3)17-22-42-23-18-39(9)54(63,67-42)51(60)52(61)55-25-13-12-14-43(55)53(62)66-46(36(6)29-41-21-24-44(56)47(30-41)64-10)31-45(57)35(5)28-38(8)49(59)50(65-11)48(58)37(7)27-34(4)16-20-40/h15-17,19-20,28,34-37,39-44,46-47,49-50,56,59,63H,1,12-14,18,21-27,29-31H2,2-11H3/b19-15+,20-16+,33-17+,38-28+/t34-,35-,36-,37-,39-,40?,41+,42-,43+,44-,46+,47-,49-,50+,54-/m1/s1. The number of nitrogens with zero attached hydrogens (tertiary/aromatic N) is 1. The minimum Gasteiger partial charge on any atom is -0.460 e. The van der Waals surface area contributed by atoms with Gasteiger partial charge in [-0.25, -0.2) is 4.79 Å². The first-order chi connectivity index (χ1) is 31.6. The number of methoxy groups -OCH3 is 2. The number of aliphatic hydroxyl groups excluding tert-OH is 2. The fourth-order valence-corrected chi connectivity index (χ4v) is 10.4. The van der Waals surface area contributed by atoms with E-state index in [0.29, 0.717) is 63.4 Å². The van der Waals surface area contributed by atoms with Crippen LogP contribution in [-0.2, 0) is 42.9 Å². The monoisotopic (exact) mass is 938 g/mol. The lowest BCUT2D eigenvalue weighted by atomic mass is 9.78. The average Bonchev–Trinajstić information content (AvgIpc) is 3.29. The van der Waals surface area contributed by atoms with E-state index in [1.165, 1.54) is 12.0 Å². The van der Waals surface area contributed by atoms with Crippen LogP contribution in [0.4, 0.5) is 0 Å². The van der Waals surface area contributed by atoms with Gasteiger partial charge in [-0.1, -0.05) is 82.2 Å². The molecule has 0 aromatic rings. The summed E-state index contributed by atoms with van der Waals surface area (Å²) in [5.74, 6) is -7.80. The van der Waals surface area contributed by atoms with Crippen molar-refractivity contribution in [3.8, 4) is 0 Å². The largest absolute Gasteiger partial charge is 0.460 e. The van der Waals surface area contributed by atoms with Crippen LogP contribution in [0.1, 0.15) is 139 Å². The molecule has 0 spiro atoms. The number of Topliss-reactive ketones (excluding diaryl/α,β-unsaturated/α-hetero) is 3. The fraction of sp³-hybridized carbons (Fsp3) is 0.722. The van der Waals surface area contributed by atoms with Gasteiger partial charge in [0.1, 0.15) is 30.1 Å². The molecule has 376 valence electrons. The number of esters is 1. The number of aliphatic hydroxyl groups is 3. The molecule has 3 N–H and O–H groups in total. The third kappa shape index (κ3) is 15.5. The third-order valence-corrected chi connectivity index (χ3v) is 14.8. The molecule has 0 radical (unpaired) electrons. The number of ether oxygens (including phenoxy) is 4. The first-order valence-corrected chi connectivity index (χ1v) is 24.9. The molecular weight excluding hydrogens is 855 g/mol. The van der Waals surface area contributed by atoms with Gasteiger partial charge in [0, 0.05) is 44.9 Å². The normalized spacial score (nSPS) is 39.5. The van der Waals surface area contributed by atoms with Gasteiger partial charge in [-0.05, 0) is 127 Å². The van der Waals surface area contributed by atoms with Gasteiger partial charge in [0.2, 0.25) is 5.79 Å². The van der Waals surface area contributed by atoms with Crippen molar-refractivity contribution in [2.24, 2.45) is 41.4 Å². The number of ketones is 3. The Bertz CT molecular complexity index is 1850. The number of hydrogen-bond donors (Lipinski definition) is 3. The van der Waals surface area contributed by atoms with Gasteiger partial charge in [-0.2, -0.15) is 0 Å². The van der Waals surface area contributed by atoms with Crippen LogP contribution in [0.5, 0.6) is 0 Å². The SMILES string of the molecule is C=C(C)CC1/C=C/C(C)=C/C[C@@H]2CC[C@@H](C)[C@@](O)(O2)C(=O)C(=O)N2CCCC[C@H]2C(=O)O[C@H]([C@H](C)C[C@@H]2CC[C@@H](O)[C@H](OC)C2)CC(=O)[C@H](C)/C=C(\C)[C@@H](O)[C@@H](OC)C(=O)[C@H](C)C[C@H](C)/C=C/1. The van der Waals surface area contributed by atoms with Crippen molar-refractivity contribution in [1.29, 1.82) is 0 Å². The van der Waals surface area contributed by atoms with E-state index in [2.05, 4.69) is 24.8 Å². The molecule has 3 aliphatic heterocycles. The lowest BCUT2D eigenvalue weighted by molar-refractivity contribution is -0.262. The molecule has 3 fully saturated rings. The third-order valence-electron chi connectivity index (χ3n) is 14.8.